The van der Waals surface area contributed by atoms with Crippen LogP contribution in [0.5, 0.6) is 11.5 Å². The Balaban J connectivity index is 3.57. The molecular formula is C13H19O5P-2. The van der Waals surface area contributed by atoms with Crippen molar-refractivity contribution in [2.75, 3.05) is 7.11 Å². The van der Waals surface area contributed by atoms with Crippen LogP contribution in [-0.2, 0) is 9.72 Å². The van der Waals surface area contributed by atoms with Crippen molar-refractivity contribution >= 4 is 7.60 Å². The zero-order valence-corrected chi connectivity index (χ0v) is 12.5. The average Bonchev–Trinajstić information content (AvgIpc) is 2.33. The lowest BCUT2D eigenvalue weighted by Crippen LogP contribution is -2.36. The molecule has 1 aromatic carbocycles. The lowest BCUT2D eigenvalue weighted by atomic mass is 9.91. The summed E-state index contributed by atoms with van der Waals surface area (Å²) < 4.78 is 16.7. The molecule has 0 bridgehead atoms. The number of aryl methyl sites for hydroxylation is 1. The normalized spacial score (nSPS) is 12.5. The highest BCUT2D eigenvalue weighted by Crippen LogP contribution is 2.56. The molecule has 0 spiro atoms. The first kappa shape index (κ1) is 16.0. The molecule has 0 aliphatic carbocycles. The van der Waals surface area contributed by atoms with Gasteiger partial charge in [-0.2, -0.15) is 0 Å². The fourth-order valence-corrected chi connectivity index (χ4v) is 3.60. The highest BCUT2D eigenvalue weighted by molar-refractivity contribution is 7.50. The van der Waals surface area contributed by atoms with Crippen LogP contribution in [0.2, 0.25) is 0 Å². The molecule has 0 atom stereocenters. The summed E-state index contributed by atoms with van der Waals surface area (Å²) in [5.74, 6) is 0.133. The van der Waals surface area contributed by atoms with Gasteiger partial charge in [0.1, 0.15) is 0 Å². The topological polar surface area (TPSA) is 92.7 Å². The number of phenols is 1. The van der Waals surface area contributed by atoms with Gasteiger partial charge in [0.2, 0.25) is 0 Å². The van der Waals surface area contributed by atoms with Crippen LogP contribution in [0.1, 0.15) is 37.8 Å². The highest BCUT2D eigenvalue weighted by atomic mass is 31.2. The quantitative estimate of drug-likeness (QED) is 0.830. The molecule has 0 aromatic heterocycles. The fourth-order valence-electron chi connectivity index (χ4n) is 2.38. The van der Waals surface area contributed by atoms with Gasteiger partial charge in [-0.15, -0.1) is 0 Å². The number of hydrogen-bond acceptors (Lipinski definition) is 5. The van der Waals surface area contributed by atoms with Gasteiger partial charge in [-0.25, -0.2) is 0 Å². The number of ether oxygens (including phenoxy) is 1. The lowest BCUT2D eigenvalue weighted by Gasteiger charge is -2.49. The maximum atomic E-state index is 11.7. The summed E-state index contributed by atoms with van der Waals surface area (Å²) in [6, 6.07) is 2.96. The van der Waals surface area contributed by atoms with Gasteiger partial charge < -0.3 is 24.2 Å². The minimum atomic E-state index is -4.83. The molecule has 5 nitrogen and oxygen atoms in total. The van der Waals surface area contributed by atoms with E-state index >= 15 is 0 Å². The molecule has 1 aromatic rings. The van der Waals surface area contributed by atoms with Gasteiger partial charge in [0, 0.05) is 5.16 Å². The van der Waals surface area contributed by atoms with Gasteiger partial charge in [-0.3, -0.25) is 0 Å². The Morgan fingerprint density at radius 3 is 2.21 bits per heavy atom. The summed E-state index contributed by atoms with van der Waals surface area (Å²) in [5, 5.41) is 8.33. The van der Waals surface area contributed by atoms with Crippen LogP contribution in [0, 0.1) is 6.92 Å². The summed E-state index contributed by atoms with van der Waals surface area (Å²) >= 11 is 0. The maximum absolute atomic E-state index is 11.7. The first-order valence-electron chi connectivity index (χ1n) is 6.13. The molecule has 1 rings (SSSR count). The Hall–Kier alpha value is -1.03. The lowest BCUT2D eigenvalue weighted by molar-refractivity contribution is -0.322. The van der Waals surface area contributed by atoms with Gasteiger partial charge in [-0.1, -0.05) is 27.5 Å². The predicted molar refractivity (Wildman–Crippen MR) is 69.3 cm³/mol. The van der Waals surface area contributed by atoms with Crippen molar-refractivity contribution in [3.8, 4) is 11.5 Å². The van der Waals surface area contributed by atoms with E-state index < -0.39 is 12.8 Å². The molecule has 1 N–H and O–H groups in total. The summed E-state index contributed by atoms with van der Waals surface area (Å²) in [5.41, 5.74) is 0.854. The number of aromatic hydroxyl groups is 1. The predicted octanol–water partition coefficient (Wildman–Crippen LogP) is 1.64. The molecule has 0 fully saturated rings. The molecule has 19 heavy (non-hydrogen) atoms. The summed E-state index contributed by atoms with van der Waals surface area (Å²) in [4.78, 5) is 23.4. The molecule has 6 heteroatoms. The van der Waals surface area contributed by atoms with E-state index in [0.29, 0.717) is 11.1 Å². The standard InChI is InChI=1S/C13H21O5P/c1-5-13(6-2,19(15,16)17)10-7-9(3)12(14)11(8-10)18-4/h7-8,14H,5-6H2,1-4H3,(H2,15,16,17)/p-2. The van der Waals surface area contributed by atoms with E-state index in [1.807, 2.05) is 0 Å². The Labute approximate surface area is 113 Å². The van der Waals surface area contributed by atoms with Crippen molar-refractivity contribution in [2.24, 2.45) is 0 Å². The molecule has 0 heterocycles. The molecule has 0 aliphatic rings. The Bertz CT molecular complexity index is 502. The molecule has 0 saturated carbocycles. The van der Waals surface area contributed by atoms with E-state index in [1.54, 1.807) is 20.8 Å². The maximum Gasteiger partial charge on any atom is 0.161 e. The number of rotatable bonds is 5. The van der Waals surface area contributed by atoms with Crippen molar-refractivity contribution in [2.45, 2.75) is 38.8 Å². The zero-order valence-electron chi connectivity index (χ0n) is 11.6. The molecule has 0 saturated heterocycles. The van der Waals surface area contributed by atoms with E-state index in [9.17, 15) is 19.5 Å². The Kier molecular flexibility index (Phi) is 4.67. The third kappa shape index (κ3) is 2.64. The van der Waals surface area contributed by atoms with Crippen molar-refractivity contribution in [3.63, 3.8) is 0 Å². The highest BCUT2D eigenvalue weighted by Gasteiger charge is 2.33. The van der Waals surface area contributed by atoms with Gasteiger partial charge in [-0.05, 0) is 37.0 Å². The monoisotopic (exact) mass is 286 g/mol. The number of hydrogen-bond donors (Lipinski definition) is 1. The third-order valence-corrected chi connectivity index (χ3v) is 5.66. The average molecular weight is 286 g/mol. The van der Waals surface area contributed by atoms with Crippen LogP contribution < -0.4 is 14.5 Å². The van der Waals surface area contributed by atoms with Crippen LogP contribution >= 0.6 is 7.60 Å². The zero-order chi connectivity index (χ0) is 14.8. The second kappa shape index (κ2) is 5.53. The van der Waals surface area contributed by atoms with Crippen LogP contribution in [0.15, 0.2) is 12.1 Å². The van der Waals surface area contributed by atoms with Crippen molar-refractivity contribution in [1.29, 1.82) is 0 Å². The molecule has 0 unspecified atom stereocenters. The van der Waals surface area contributed by atoms with Gasteiger partial charge in [0.15, 0.2) is 11.5 Å². The van der Waals surface area contributed by atoms with Crippen LogP contribution in [0.25, 0.3) is 0 Å². The minimum absolute atomic E-state index is 0.0426. The molecule has 0 amide bonds. The largest absolute Gasteiger partial charge is 0.810 e. The molecule has 0 radical (unpaired) electrons. The van der Waals surface area contributed by atoms with Gasteiger partial charge >= 0.3 is 0 Å². The smallest absolute Gasteiger partial charge is 0.161 e. The van der Waals surface area contributed by atoms with Gasteiger partial charge in [0.25, 0.3) is 0 Å². The Morgan fingerprint density at radius 1 is 1.32 bits per heavy atom. The molecular weight excluding hydrogens is 267 g/mol. The summed E-state index contributed by atoms with van der Waals surface area (Å²) in [6.45, 7) is 4.97. The van der Waals surface area contributed by atoms with Crippen LogP contribution in [-0.4, -0.2) is 12.2 Å². The van der Waals surface area contributed by atoms with Crippen molar-refractivity contribution in [1.82, 2.24) is 0 Å². The summed E-state index contributed by atoms with van der Waals surface area (Å²) in [6.07, 6.45) is 0.363. The minimum Gasteiger partial charge on any atom is -0.810 e. The fraction of sp³-hybridized carbons (Fsp3) is 0.538. The van der Waals surface area contributed by atoms with E-state index in [-0.39, 0.29) is 24.3 Å². The van der Waals surface area contributed by atoms with E-state index in [0.717, 1.165) is 0 Å². The third-order valence-electron chi connectivity index (χ3n) is 3.72. The van der Waals surface area contributed by atoms with Crippen molar-refractivity contribution < 1.29 is 24.2 Å². The first-order valence-corrected chi connectivity index (χ1v) is 7.68. The van der Waals surface area contributed by atoms with E-state index in [4.69, 9.17) is 4.74 Å². The SMILES string of the molecule is CCC(CC)(c1cc(C)c(O)c(OC)c1)P(=O)([O-])[O-]. The molecule has 108 valence electrons. The van der Waals surface area contributed by atoms with Gasteiger partial charge in [0.05, 0.1) is 7.11 Å². The number of phenolic OH excluding ortho intramolecular Hbond substituents is 1. The first-order chi connectivity index (χ1) is 8.73. The number of benzene rings is 1. The second-order valence-electron chi connectivity index (χ2n) is 4.58. The van der Waals surface area contributed by atoms with E-state index in [2.05, 4.69) is 0 Å². The second-order valence-corrected chi connectivity index (χ2v) is 6.43. The molecule has 0 aliphatic heterocycles. The van der Waals surface area contributed by atoms with E-state index in [1.165, 1.54) is 19.2 Å². The number of methoxy groups -OCH3 is 1. The van der Waals surface area contributed by atoms with Crippen molar-refractivity contribution in [3.05, 3.63) is 23.3 Å². The van der Waals surface area contributed by atoms with Crippen LogP contribution in [0.3, 0.4) is 0 Å². The van der Waals surface area contributed by atoms with Crippen LogP contribution in [0.4, 0.5) is 0 Å². The Morgan fingerprint density at radius 2 is 1.84 bits per heavy atom. The summed E-state index contributed by atoms with van der Waals surface area (Å²) in [7, 11) is -3.45.